The van der Waals surface area contributed by atoms with Gasteiger partial charge in [0.1, 0.15) is 6.04 Å². The van der Waals surface area contributed by atoms with E-state index in [-0.39, 0.29) is 10.8 Å². The summed E-state index contributed by atoms with van der Waals surface area (Å²) in [5.74, 6) is -0.955. The van der Waals surface area contributed by atoms with Crippen molar-refractivity contribution in [1.82, 2.24) is 10.0 Å². The van der Waals surface area contributed by atoms with E-state index in [1.165, 1.54) is 31.2 Å². The van der Waals surface area contributed by atoms with E-state index in [0.717, 1.165) is 0 Å². The van der Waals surface area contributed by atoms with Crippen LogP contribution < -0.4 is 15.8 Å². The first-order valence-corrected chi connectivity index (χ1v) is 10.5. The molecule has 0 radical (unpaired) electrons. The molecular formula is C18H27N3O6S. The van der Waals surface area contributed by atoms with Gasteiger partial charge in [0.25, 0.3) is 0 Å². The lowest BCUT2D eigenvalue weighted by Gasteiger charge is -2.24. The number of hydrogen-bond donors (Lipinski definition) is 3. The van der Waals surface area contributed by atoms with Crippen LogP contribution in [0.5, 0.6) is 0 Å². The SMILES string of the molecule is CC(=O)O[C@@H]1OCC[C@@H]1NC(=O)[C@H](CC(C)C)NS(=O)(=O)c1ccc(N)cc1. The highest BCUT2D eigenvalue weighted by molar-refractivity contribution is 7.89. The van der Waals surface area contributed by atoms with E-state index in [4.69, 9.17) is 15.2 Å². The Kier molecular flexibility index (Phi) is 7.39. The quantitative estimate of drug-likeness (QED) is 0.422. The molecule has 1 aromatic rings. The van der Waals surface area contributed by atoms with Crippen LogP contribution in [-0.2, 0) is 29.1 Å². The molecule has 0 saturated carbocycles. The van der Waals surface area contributed by atoms with E-state index in [0.29, 0.717) is 25.1 Å². The van der Waals surface area contributed by atoms with Crippen molar-refractivity contribution in [3.05, 3.63) is 24.3 Å². The van der Waals surface area contributed by atoms with Crippen molar-refractivity contribution in [2.75, 3.05) is 12.3 Å². The van der Waals surface area contributed by atoms with Gasteiger partial charge in [0, 0.05) is 12.6 Å². The molecule has 0 spiro atoms. The number of nitrogen functional groups attached to an aromatic ring is 1. The Hall–Kier alpha value is -2.17. The van der Waals surface area contributed by atoms with Gasteiger partial charge in [-0.25, -0.2) is 8.42 Å². The molecule has 3 atom stereocenters. The van der Waals surface area contributed by atoms with Gasteiger partial charge in [-0.1, -0.05) is 13.8 Å². The zero-order valence-corrected chi connectivity index (χ0v) is 17.0. The third kappa shape index (κ3) is 6.18. The maximum Gasteiger partial charge on any atom is 0.305 e. The summed E-state index contributed by atoms with van der Waals surface area (Å²) in [5, 5.41) is 2.73. The van der Waals surface area contributed by atoms with Crippen LogP contribution in [0.25, 0.3) is 0 Å². The molecular weight excluding hydrogens is 386 g/mol. The molecule has 0 unspecified atom stereocenters. The highest BCUT2D eigenvalue weighted by Crippen LogP contribution is 2.17. The smallest absolute Gasteiger partial charge is 0.305 e. The van der Waals surface area contributed by atoms with Gasteiger partial charge in [0.05, 0.1) is 17.5 Å². The van der Waals surface area contributed by atoms with Gasteiger partial charge in [-0.15, -0.1) is 0 Å². The van der Waals surface area contributed by atoms with Gasteiger partial charge in [-0.3, -0.25) is 9.59 Å². The van der Waals surface area contributed by atoms with Gasteiger partial charge in [0.2, 0.25) is 22.2 Å². The zero-order chi connectivity index (χ0) is 20.9. The molecule has 1 aliphatic rings. The first kappa shape index (κ1) is 22.1. The average molecular weight is 413 g/mol. The van der Waals surface area contributed by atoms with Gasteiger partial charge in [-0.2, -0.15) is 4.72 Å². The molecule has 156 valence electrons. The first-order valence-electron chi connectivity index (χ1n) is 9.05. The van der Waals surface area contributed by atoms with Crippen LogP contribution in [0, 0.1) is 5.92 Å². The molecule has 4 N–H and O–H groups in total. The van der Waals surface area contributed by atoms with Crippen LogP contribution >= 0.6 is 0 Å². The van der Waals surface area contributed by atoms with Crippen molar-refractivity contribution < 1.29 is 27.5 Å². The Morgan fingerprint density at radius 1 is 1.29 bits per heavy atom. The molecule has 1 aliphatic heterocycles. The largest absolute Gasteiger partial charge is 0.434 e. The first-order chi connectivity index (χ1) is 13.1. The summed E-state index contributed by atoms with van der Waals surface area (Å²) in [6, 6.07) is 4.19. The fourth-order valence-electron chi connectivity index (χ4n) is 2.85. The Morgan fingerprint density at radius 3 is 2.50 bits per heavy atom. The van der Waals surface area contributed by atoms with E-state index < -0.39 is 40.3 Å². The summed E-state index contributed by atoms with van der Waals surface area (Å²) in [6.07, 6.45) is -0.121. The van der Waals surface area contributed by atoms with Crippen LogP contribution in [-0.4, -0.2) is 45.3 Å². The third-order valence-corrected chi connectivity index (χ3v) is 5.65. The Bertz CT molecular complexity index is 794. The molecule has 1 aromatic carbocycles. The number of hydrogen-bond acceptors (Lipinski definition) is 7. The summed E-state index contributed by atoms with van der Waals surface area (Å²) in [6.45, 7) is 5.36. The van der Waals surface area contributed by atoms with E-state index in [2.05, 4.69) is 10.0 Å². The number of carbonyl (C=O) groups is 2. The minimum Gasteiger partial charge on any atom is -0.434 e. The van der Waals surface area contributed by atoms with Gasteiger partial charge < -0.3 is 20.5 Å². The highest BCUT2D eigenvalue weighted by Gasteiger charge is 2.35. The van der Waals surface area contributed by atoms with Crippen molar-refractivity contribution >= 4 is 27.6 Å². The predicted molar refractivity (Wildman–Crippen MR) is 102 cm³/mol. The van der Waals surface area contributed by atoms with Crippen LogP contribution in [0.3, 0.4) is 0 Å². The van der Waals surface area contributed by atoms with E-state index in [1.807, 2.05) is 13.8 Å². The fourth-order valence-corrected chi connectivity index (χ4v) is 4.06. The van der Waals surface area contributed by atoms with Crippen LogP contribution in [0.4, 0.5) is 5.69 Å². The maximum atomic E-state index is 12.8. The normalized spacial score (nSPS) is 20.7. The minimum absolute atomic E-state index is 0.0187. The molecule has 10 heteroatoms. The van der Waals surface area contributed by atoms with E-state index in [1.54, 1.807) is 0 Å². The summed E-state index contributed by atoms with van der Waals surface area (Å²) in [4.78, 5) is 24.0. The van der Waals surface area contributed by atoms with Gasteiger partial charge in [-0.05, 0) is 43.0 Å². The van der Waals surface area contributed by atoms with Crippen molar-refractivity contribution in [3.63, 3.8) is 0 Å². The lowest BCUT2D eigenvalue weighted by molar-refractivity contribution is -0.170. The second-order valence-corrected chi connectivity index (χ2v) is 8.84. The number of nitrogens with two attached hydrogens (primary N) is 1. The molecule has 9 nitrogen and oxygen atoms in total. The minimum atomic E-state index is -3.92. The van der Waals surface area contributed by atoms with Crippen molar-refractivity contribution in [1.29, 1.82) is 0 Å². The van der Waals surface area contributed by atoms with Crippen LogP contribution in [0.1, 0.15) is 33.6 Å². The molecule has 0 aromatic heterocycles. The van der Waals surface area contributed by atoms with E-state index in [9.17, 15) is 18.0 Å². The molecule has 2 rings (SSSR count). The number of amides is 1. The molecule has 1 amide bonds. The number of ether oxygens (including phenoxy) is 2. The van der Waals surface area contributed by atoms with Crippen molar-refractivity contribution in [2.45, 2.75) is 56.9 Å². The van der Waals surface area contributed by atoms with Crippen molar-refractivity contribution in [2.24, 2.45) is 5.92 Å². The number of benzene rings is 1. The molecule has 0 bridgehead atoms. The van der Waals surface area contributed by atoms with Gasteiger partial charge in [0.15, 0.2) is 0 Å². The Labute approximate surface area is 165 Å². The number of carbonyl (C=O) groups excluding carboxylic acids is 2. The summed E-state index contributed by atoms with van der Waals surface area (Å²) >= 11 is 0. The van der Waals surface area contributed by atoms with Crippen LogP contribution in [0.2, 0.25) is 0 Å². The van der Waals surface area contributed by atoms with Crippen LogP contribution in [0.15, 0.2) is 29.2 Å². The number of esters is 1. The lowest BCUT2D eigenvalue weighted by atomic mass is 10.0. The molecule has 1 saturated heterocycles. The zero-order valence-electron chi connectivity index (χ0n) is 16.2. The third-order valence-electron chi connectivity index (χ3n) is 4.16. The Morgan fingerprint density at radius 2 is 1.93 bits per heavy atom. The summed E-state index contributed by atoms with van der Waals surface area (Å²) in [7, 11) is -3.92. The molecule has 1 fully saturated rings. The summed E-state index contributed by atoms with van der Waals surface area (Å²) in [5.41, 5.74) is 6.04. The van der Waals surface area contributed by atoms with E-state index >= 15 is 0 Å². The molecule has 1 heterocycles. The number of sulfonamides is 1. The topological polar surface area (TPSA) is 137 Å². The summed E-state index contributed by atoms with van der Waals surface area (Å²) < 4.78 is 38.1. The fraction of sp³-hybridized carbons (Fsp3) is 0.556. The number of rotatable bonds is 8. The van der Waals surface area contributed by atoms with Crippen molar-refractivity contribution in [3.8, 4) is 0 Å². The highest BCUT2D eigenvalue weighted by atomic mass is 32.2. The molecule has 0 aliphatic carbocycles. The second-order valence-electron chi connectivity index (χ2n) is 7.12. The number of nitrogens with one attached hydrogen (secondary N) is 2. The maximum absolute atomic E-state index is 12.8. The predicted octanol–water partition coefficient (Wildman–Crippen LogP) is 0.756. The Balaban J connectivity index is 2.12. The standard InChI is InChI=1S/C18H27N3O6S/c1-11(2)10-16(21-28(24,25)14-6-4-13(19)5-7-14)17(23)20-15-8-9-26-18(15)27-12(3)22/h4-7,11,15-16,18,21H,8-10,19H2,1-3H3,(H,20,23)/t15-,16-,18-/m0/s1. The average Bonchev–Trinajstić information content (AvgIpc) is 3.00. The van der Waals surface area contributed by atoms with Gasteiger partial charge >= 0.3 is 5.97 Å². The lowest BCUT2D eigenvalue weighted by Crippen LogP contribution is -2.52. The molecule has 28 heavy (non-hydrogen) atoms. The monoisotopic (exact) mass is 413 g/mol. The number of anilines is 1. The second kappa shape index (κ2) is 9.35.